The molecule has 1 heterocycles. The molecule has 0 amide bonds. The second-order valence-electron chi connectivity index (χ2n) is 4.28. The van der Waals surface area contributed by atoms with E-state index in [9.17, 15) is 9.90 Å². The van der Waals surface area contributed by atoms with Crippen LogP contribution in [0, 0.1) is 0 Å². The molecule has 0 unspecified atom stereocenters. The summed E-state index contributed by atoms with van der Waals surface area (Å²) in [6, 6.07) is 1.43. The molecule has 0 aromatic carbocycles. The normalized spacial score (nSPS) is 11.1. The van der Waals surface area contributed by atoms with Crippen molar-refractivity contribution in [3.05, 3.63) is 28.2 Å². The number of aliphatic hydroxyl groups is 1. The van der Waals surface area contributed by atoms with Crippen LogP contribution in [0.4, 0.5) is 0 Å². The van der Waals surface area contributed by atoms with Gasteiger partial charge in [-0.2, -0.15) is 0 Å². The Morgan fingerprint density at radius 3 is 2.72 bits per heavy atom. The fourth-order valence-electron chi connectivity index (χ4n) is 1.60. The quantitative estimate of drug-likeness (QED) is 0.651. The molecular formula is C12H20N2O4. The molecule has 0 atom stereocenters. The first-order chi connectivity index (χ1) is 8.54. The van der Waals surface area contributed by atoms with Crippen molar-refractivity contribution < 1.29 is 14.9 Å². The van der Waals surface area contributed by atoms with Crippen LogP contribution in [0.15, 0.2) is 17.1 Å². The molecule has 0 aliphatic rings. The first kappa shape index (κ1) is 14.7. The highest BCUT2D eigenvalue weighted by atomic mass is 16.5. The number of hydrogen-bond donors (Lipinski definition) is 2. The molecule has 0 aliphatic carbocycles. The average molecular weight is 256 g/mol. The van der Waals surface area contributed by atoms with Crippen LogP contribution in [0.5, 0.6) is 5.75 Å². The Labute approximate surface area is 106 Å². The van der Waals surface area contributed by atoms with Crippen molar-refractivity contribution in [1.82, 2.24) is 9.47 Å². The van der Waals surface area contributed by atoms with Crippen molar-refractivity contribution in [2.24, 2.45) is 0 Å². The lowest BCUT2D eigenvalue weighted by Crippen LogP contribution is -2.21. The molecule has 6 heteroatoms. The van der Waals surface area contributed by atoms with Crippen LogP contribution in [-0.2, 0) is 17.8 Å². The van der Waals surface area contributed by atoms with Crippen molar-refractivity contribution in [2.75, 3.05) is 33.9 Å². The van der Waals surface area contributed by atoms with E-state index in [0.29, 0.717) is 19.7 Å². The third-order valence-corrected chi connectivity index (χ3v) is 2.39. The van der Waals surface area contributed by atoms with Crippen molar-refractivity contribution >= 4 is 0 Å². The number of ether oxygens (including phenoxy) is 1. The zero-order valence-corrected chi connectivity index (χ0v) is 10.8. The predicted octanol–water partition coefficient (Wildman–Crippen LogP) is -0.376. The lowest BCUT2D eigenvalue weighted by atomic mass is 10.3. The van der Waals surface area contributed by atoms with Crippen molar-refractivity contribution in [3.8, 4) is 5.75 Å². The fraction of sp³-hybridized carbons (Fsp3) is 0.583. The number of hydrogen-bond acceptors (Lipinski definition) is 5. The van der Waals surface area contributed by atoms with E-state index in [1.165, 1.54) is 12.3 Å². The van der Waals surface area contributed by atoms with Crippen LogP contribution in [-0.4, -0.2) is 53.6 Å². The Bertz CT molecular complexity index is 429. The summed E-state index contributed by atoms with van der Waals surface area (Å²) in [5.74, 6) is -0.264. The molecule has 102 valence electrons. The van der Waals surface area contributed by atoms with Gasteiger partial charge in [-0.15, -0.1) is 0 Å². The summed E-state index contributed by atoms with van der Waals surface area (Å²) in [6.07, 6.45) is 1.42. The predicted molar refractivity (Wildman–Crippen MR) is 67.7 cm³/mol. The van der Waals surface area contributed by atoms with E-state index in [1.54, 1.807) is 4.57 Å². The van der Waals surface area contributed by atoms with Gasteiger partial charge >= 0.3 is 0 Å². The molecule has 0 saturated heterocycles. The van der Waals surface area contributed by atoms with Crippen LogP contribution in [0.1, 0.15) is 5.69 Å². The van der Waals surface area contributed by atoms with Gasteiger partial charge in [0, 0.05) is 24.8 Å². The third kappa shape index (κ3) is 4.48. The molecule has 1 aromatic rings. The van der Waals surface area contributed by atoms with Crippen LogP contribution < -0.4 is 5.43 Å². The van der Waals surface area contributed by atoms with Gasteiger partial charge in [0.1, 0.15) is 0 Å². The molecule has 0 bridgehead atoms. The van der Waals surface area contributed by atoms with Gasteiger partial charge < -0.3 is 24.4 Å². The smallest absolute Gasteiger partial charge is 0.223 e. The van der Waals surface area contributed by atoms with E-state index in [-0.39, 0.29) is 24.4 Å². The molecular weight excluding hydrogens is 236 g/mol. The first-order valence-corrected chi connectivity index (χ1v) is 5.80. The SMILES string of the molecule is CN(C)Cc1cc(=O)c(O)cn1CCOCCO. The number of nitrogens with zero attached hydrogens (tertiary/aromatic N) is 2. The Morgan fingerprint density at radius 1 is 1.39 bits per heavy atom. The first-order valence-electron chi connectivity index (χ1n) is 5.80. The average Bonchev–Trinajstić information content (AvgIpc) is 2.30. The van der Waals surface area contributed by atoms with Crippen molar-refractivity contribution in [1.29, 1.82) is 0 Å². The lowest BCUT2D eigenvalue weighted by molar-refractivity contribution is 0.0862. The van der Waals surface area contributed by atoms with Gasteiger partial charge in [-0.3, -0.25) is 4.79 Å². The highest BCUT2D eigenvalue weighted by Crippen LogP contribution is 2.07. The minimum atomic E-state index is -0.376. The Balaban J connectivity index is 2.79. The second-order valence-corrected chi connectivity index (χ2v) is 4.28. The minimum absolute atomic E-state index is 0.0139. The molecule has 6 nitrogen and oxygen atoms in total. The zero-order chi connectivity index (χ0) is 13.5. The summed E-state index contributed by atoms with van der Waals surface area (Å²) in [5.41, 5.74) is 0.440. The molecule has 1 aromatic heterocycles. The van der Waals surface area contributed by atoms with Gasteiger partial charge in [0.2, 0.25) is 5.43 Å². The summed E-state index contributed by atoms with van der Waals surface area (Å²) in [5, 5.41) is 18.0. The van der Waals surface area contributed by atoms with Gasteiger partial charge in [0.05, 0.1) is 26.0 Å². The van der Waals surface area contributed by atoms with Gasteiger partial charge in [0.25, 0.3) is 0 Å². The monoisotopic (exact) mass is 256 g/mol. The van der Waals surface area contributed by atoms with E-state index in [2.05, 4.69) is 0 Å². The van der Waals surface area contributed by atoms with Crippen molar-refractivity contribution in [2.45, 2.75) is 13.1 Å². The maximum Gasteiger partial charge on any atom is 0.223 e. The van der Waals surface area contributed by atoms with Crippen LogP contribution in [0.3, 0.4) is 0 Å². The van der Waals surface area contributed by atoms with Gasteiger partial charge in [-0.1, -0.05) is 0 Å². The Hall–Kier alpha value is -1.37. The van der Waals surface area contributed by atoms with E-state index >= 15 is 0 Å². The number of pyridine rings is 1. The maximum atomic E-state index is 11.4. The molecule has 0 fully saturated rings. The van der Waals surface area contributed by atoms with E-state index in [1.807, 2.05) is 19.0 Å². The number of rotatable bonds is 7. The molecule has 0 saturated carbocycles. The van der Waals surface area contributed by atoms with Gasteiger partial charge in [-0.25, -0.2) is 0 Å². The summed E-state index contributed by atoms with van der Waals surface area (Å²) in [7, 11) is 3.81. The molecule has 0 aliphatic heterocycles. The summed E-state index contributed by atoms with van der Waals surface area (Å²) >= 11 is 0. The van der Waals surface area contributed by atoms with E-state index < -0.39 is 0 Å². The number of aromatic nitrogens is 1. The largest absolute Gasteiger partial charge is 0.503 e. The van der Waals surface area contributed by atoms with Gasteiger partial charge in [-0.05, 0) is 14.1 Å². The molecule has 18 heavy (non-hydrogen) atoms. The van der Waals surface area contributed by atoms with E-state index in [4.69, 9.17) is 9.84 Å². The molecule has 1 rings (SSSR count). The van der Waals surface area contributed by atoms with Crippen LogP contribution in [0.2, 0.25) is 0 Å². The third-order valence-electron chi connectivity index (χ3n) is 2.39. The summed E-state index contributed by atoms with van der Waals surface area (Å²) in [4.78, 5) is 13.3. The van der Waals surface area contributed by atoms with Gasteiger partial charge in [0.15, 0.2) is 5.75 Å². The molecule has 0 spiro atoms. The highest BCUT2D eigenvalue weighted by molar-refractivity contribution is 5.20. The lowest BCUT2D eigenvalue weighted by Gasteiger charge is -2.17. The molecule has 0 radical (unpaired) electrons. The van der Waals surface area contributed by atoms with Crippen LogP contribution >= 0.6 is 0 Å². The minimum Gasteiger partial charge on any atom is -0.503 e. The Morgan fingerprint density at radius 2 is 2.11 bits per heavy atom. The standard InChI is InChI=1S/C12H20N2O4/c1-13(2)8-10-7-11(16)12(17)9-14(10)3-5-18-6-4-15/h7,9,15,17H,3-6,8H2,1-2H3. The fourth-order valence-corrected chi connectivity index (χ4v) is 1.60. The Kier molecular flexibility index (Phi) is 5.84. The second kappa shape index (κ2) is 7.15. The zero-order valence-electron chi connectivity index (χ0n) is 10.8. The summed E-state index contributed by atoms with van der Waals surface area (Å²) in [6.45, 7) is 1.82. The maximum absolute atomic E-state index is 11.4. The number of aromatic hydroxyl groups is 1. The van der Waals surface area contributed by atoms with E-state index in [0.717, 1.165) is 5.69 Å². The topological polar surface area (TPSA) is 74.9 Å². The molecule has 2 N–H and O–H groups in total. The van der Waals surface area contributed by atoms with Crippen molar-refractivity contribution in [3.63, 3.8) is 0 Å². The summed E-state index contributed by atoms with van der Waals surface area (Å²) < 4.78 is 6.96. The van der Waals surface area contributed by atoms with Crippen LogP contribution in [0.25, 0.3) is 0 Å². The highest BCUT2D eigenvalue weighted by Gasteiger charge is 2.06. The number of aliphatic hydroxyl groups excluding tert-OH is 1.